The Labute approximate surface area is 178 Å². The molecule has 1 aliphatic rings. The number of hydrogen-bond donors (Lipinski definition) is 2. The number of aryl methyl sites for hydroxylation is 1. The van der Waals surface area contributed by atoms with Gasteiger partial charge in [-0.1, -0.05) is 12.1 Å². The van der Waals surface area contributed by atoms with Gasteiger partial charge < -0.3 is 15.5 Å². The number of nitrogens with one attached hydrogen (secondary N) is 2. The van der Waals surface area contributed by atoms with Gasteiger partial charge in [-0.15, -0.1) is 0 Å². The largest absolute Gasteiger partial charge is 0.350 e. The molecule has 4 rings (SSSR count). The molecule has 2 N–H and O–H groups in total. The van der Waals surface area contributed by atoms with E-state index in [9.17, 15) is 14.0 Å². The number of hydrogen-bond acceptors (Lipinski definition) is 7. The Hall–Kier alpha value is -3.82. The number of amides is 1. The molecule has 10 heteroatoms. The molecule has 0 bridgehead atoms. The minimum atomic E-state index is -0.917. The number of ketones is 1. The number of carbonyl (C=O) groups excluding carboxylic acids is 2. The number of likely N-dealkylation sites (N-methyl/N-ethyl adjacent to an activating group) is 1. The predicted octanol–water partition coefficient (Wildman–Crippen LogP) is 2.13. The Bertz CT molecular complexity index is 1140. The Morgan fingerprint density at radius 1 is 1.23 bits per heavy atom. The van der Waals surface area contributed by atoms with E-state index in [4.69, 9.17) is 0 Å². The van der Waals surface area contributed by atoms with E-state index >= 15 is 0 Å². The van der Waals surface area contributed by atoms with Gasteiger partial charge in [0.05, 0.1) is 18.4 Å². The van der Waals surface area contributed by atoms with Gasteiger partial charge in [0.1, 0.15) is 11.5 Å². The molecule has 3 heterocycles. The van der Waals surface area contributed by atoms with Crippen LogP contribution in [-0.2, 0) is 22.7 Å². The summed E-state index contributed by atoms with van der Waals surface area (Å²) in [5, 5.41) is 10.2. The lowest BCUT2D eigenvalue weighted by Crippen LogP contribution is -2.50. The van der Waals surface area contributed by atoms with Crippen LogP contribution in [0.15, 0.2) is 36.7 Å². The smallest absolute Gasteiger partial charge is 0.255 e. The van der Waals surface area contributed by atoms with Crippen LogP contribution in [0.3, 0.4) is 0 Å². The van der Waals surface area contributed by atoms with Gasteiger partial charge in [-0.2, -0.15) is 10.1 Å². The lowest BCUT2D eigenvalue weighted by atomic mass is 10.1. The summed E-state index contributed by atoms with van der Waals surface area (Å²) < 4.78 is 14.8. The van der Waals surface area contributed by atoms with E-state index in [1.54, 1.807) is 41.9 Å². The molecule has 9 nitrogen and oxygen atoms in total. The maximum atomic E-state index is 13.0. The van der Waals surface area contributed by atoms with E-state index in [1.165, 1.54) is 19.1 Å². The molecule has 0 fully saturated rings. The summed E-state index contributed by atoms with van der Waals surface area (Å²) in [7, 11) is 1.67. The molecule has 0 saturated heterocycles. The van der Waals surface area contributed by atoms with E-state index in [0.29, 0.717) is 36.2 Å². The van der Waals surface area contributed by atoms with Gasteiger partial charge in [0.15, 0.2) is 17.6 Å². The average molecular weight is 423 g/mol. The van der Waals surface area contributed by atoms with Crippen LogP contribution in [0.4, 0.5) is 21.8 Å². The Kier molecular flexibility index (Phi) is 5.37. The van der Waals surface area contributed by atoms with E-state index < -0.39 is 6.04 Å². The van der Waals surface area contributed by atoms with E-state index in [0.717, 1.165) is 11.1 Å². The summed E-state index contributed by atoms with van der Waals surface area (Å²) in [5.41, 5.74) is 2.97. The van der Waals surface area contributed by atoms with Crippen molar-refractivity contribution in [2.75, 3.05) is 22.6 Å². The normalized spacial score (nSPS) is 15.4. The highest BCUT2D eigenvalue weighted by atomic mass is 19.1. The summed E-state index contributed by atoms with van der Waals surface area (Å²) in [6.45, 7) is 4.12. The topological polar surface area (TPSA) is 105 Å². The maximum Gasteiger partial charge on any atom is 0.255 e. The number of Topliss-reactive ketones (excluding diaryl/α,β-unsaturated/α-hetero) is 1. The monoisotopic (exact) mass is 423 g/mol. The fraction of sp³-hybridized carbons (Fsp3) is 0.286. The first kappa shape index (κ1) is 20.5. The molecule has 0 spiro atoms. The van der Waals surface area contributed by atoms with Gasteiger partial charge in [0.2, 0.25) is 5.95 Å². The third-order valence-corrected chi connectivity index (χ3v) is 5.07. The van der Waals surface area contributed by atoms with Crippen molar-refractivity contribution in [2.24, 2.45) is 0 Å². The van der Waals surface area contributed by atoms with E-state index in [-0.39, 0.29) is 17.5 Å². The van der Waals surface area contributed by atoms with Crippen molar-refractivity contribution in [1.82, 2.24) is 19.7 Å². The minimum absolute atomic E-state index is 0.259. The quantitative estimate of drug-likeness (QED) is 0.585. The van der Waals surface area contributed by atoms with Crippen molar-refractivity contribution in [2.45, 2.75) is 33.0 Å². The lowest BCUT2D eigenvalue weighted by Gasteiger charge is -2.33. The third kappa shape index (κ3) is 4.23. The lowest BCUT2D eigenvalue weighted by molar-refractivity contribution is -0.126. The molecule has 2 aromatic heterocycles. The number of rotatable bonds is 6. The van der Waals surface area contributed by atoms with Crippen molar-refractivity contribution >= 4 is 29.1 Å². The molecule has 0 aliphatic carbocycles. The highest BCUT2D eigenvalue weighted by Gasteiger charge is 2.36. The van der Waals surface area contributed by atoms with Crippen molar-refractivity contribution in [1.29, 1.82) is 0 Å². The third-order valence-electron chi connectivity index (χ3n) is 5.07. The first-order chi connectivity index (χ1) is 14.8. The number of fused-ring (bicyclic) bond motifs is 1. The molecule has 3 aromatic rings. The van der Waals surface area contributed by atoms with E-state index in [2.05, 4.69) is 25.7 Å². The fourth-order valence-electron chi connectivity index (χ4n) is 3.53. The van der Waals surface area contributed by atoms with Crippen LogP contribution >= 0.6 is 0 Å². The number of anilines is 3. The molecule has 0 radical (unpaired) electrons. The number of halogens is 1. The number of benzene rings is 1. The summed E-state index contributed by atoms with van der Waals surface area (Å²) in [6.07, 6.45) is 3.62. The molecule has 1 amide bonds. The van der Waals surface area contributed by atoms with Crippen molar-refractivity contribution in [3.8, 4) is 0 Å². The second kappa shape index (κ2) is 8.13. The van der Waals surface area contributed by atoms with Crippen LogP contribution in [0, 0.1) is 12.7 Å². The van der Waals surface area contributed by atoms with Crippen LogP contribution in [-0.4, -0.2) is 44.5 Å². The second-order valence-electron chi connectivity index (χ2n) is 7.47. The zero-order valence-corrected chi connectivity index (χ0v) is 17.4. The van der Waals surface area contributed by atoms with Crippen LogP contribution in [0.1, 0.15) is 23.7 Å². The molecular weight excluding hydrogens is 401 g/mol. The number of aromatic nitrogens is 4. The van der Waals surface area contributed by atoms with Crippen molar-refractivity contribution < 1.29 is 14.0 Å². The highest BCUT2D eigenvalue weighted by molar-refractivity contribution is 6.16. The van der Waals surface area contributed by atoms with Gasteiger partial charge in [0, 0.05) is 25.4 Å². The maximum absolute atomic E-state index is 13.0. The van der Waals surface area contributed by atoms with Crippen LogP contribution in [0.25, 0.3) is 0 Å². The van der Waals surface area contributed by atoms with Crippen molar-refractivity contribution in [3.05, 3.63) is 59.3 Å². The van der Waals surface area contributed by atoms with E-state index in [1.807, 2.05) is 6.20 Å². The fourth-order valence-corrected chi connectivity index (χ4v) is 3.53. The number of nitrogens with zero attached hydrogens (tertiary/aromatic N) is 5. The number of carbonyl (C=O) groups is 2. The van der Waals surface area contributed by atoms with Gasteiger partial charge in [-0.3, -0.25) is 14.3 Å². The van der Waals surface area contributed by atoms with Gasteiger partial charge in [0.25, 0.3) is 5.91 Å². The summed E-state index contributed by atoms with van der Waals surface area (Å²) in [4.78, 5) is 34.6. The molecular formula is C21H22FN7O2. The SMILES string of the molecule is CC(=O)[C@H]1C(=O)Nc2c(C)nc(NCc3cnn(Cc4ccc(F)cc4)c3)nc2N1C. The van der Waals surface area contributed by atoms with Crippen molar-refractivity contribution in [3.63, 3.8) is 0 Å². The molecule has 1 aliphatic heterocycles. The standard InChI is InChI=1S/C21H22FN7O2/c1-12-17-19(28(3)18(13(2)30)20(31)26-17)27-21(25-12)23-8-15-9-24-29(11-15)10-14-4-6-16(22)7-5-14/h4-7,9,11,18H,8,10H2,1-3H3,(H,26,31)(H,23,25,27)/t18-/m0/s1. The minimum Gasteiger partial charge on any atom is -0.350 e. The van der Waals surface area contributed by atoms with Crippen LogP contribution in [0.5, 0.6) is 0 Å². The van der Waals surface area contributed by atoms with Gasteiger partial charge >= 0.3 is 0 Å². The van der Waals surface area contributed by atoms with Crippen LogP contribution in [0.2, 0.25) is 0 Å². The van der Waals surface area contributed by atoms with Gasteiger partial charge in [-0.25, -0.2) is 9.37 Å². The first-order valence-corrected chi connectivity index (χ1v) is 9.74. The zero-order valence-electron chi connectivity index (χ0n) is 17.4. The van der Waals surface area contributed by atoms with Gasteiger partial charge in [-0.05, 0) is 31.5 Å². The predicted molar refractivity (Wildman–Crippen MR) is 113 cm³/mol. The second-order valence-corrected chi connectivity index (χ2v) is 7.47. The average Bonchev–Trinajstić information content (AvgIpc) is 3.16. The zero-order chi connectivity index (χ0) is 22.1. The van der Waals surface area contributed by atoms with Crippen LogP contribution < -0.4 is 15.5 Å². The Balaban J connectivity index is 1.47. The molecule has 1 aromatic carbocycles. The Morgan fingerprint density at radius 2 is 1.97 bits per heavy atom. The molecule has 1 atom stereocenters. The highest BCUT2D eigenvalue weighted by Crippen LogP contribution is 2.32. The molecule has 31 heavy (non-hydrogen) atoms. The first-order valence-electron chi connectivity index (χ1n) is 9.74. The summed E-state index contributed by atoms with van der Waals surface area (Å²) >= 11 is 0. The molecule has 0 saturated carbocycles. The molecule has 0 unspecified atom stereocenters. The summed E-state index contributed by atoms with van der Waals surface area (Å²) in [6, 6.07) is 5.38. The Morgan fingerprint density at radius 3 is 2.68 bits per heavy atom. The molecule has 160 valence electrons. The summed E-state index contributed by atoms with van der Waals surface area (Å²) in [5.74, 6) is -0.0441.